The van der Waals surface area contributed by atoms with Crippen molar-refractivity contribution in [2.24, 2.45) is 5.92 Å². The molecule has 3 nitrogen and oxygen atoms in total. The number of benzene rings is 2. The molecule has 2 aliphatic rings. The third kappa shape index (κ3) is 3.88. The van der Waals surface area contributed by atoms with E-state index in [1.165, 1.54) is 11.1 Å². The van der Waals surface area contributed by atoms with Crippen LogP contribution in [0.4, 0.5) is 4.79 Å². The van der Waals surface area contributed by atoms with Crippen LogP contribution < -0.4 is 0 Å². The summed E-state index contributed by atoms with van der Waals surface area (Å²) < 4.78 is 5.59. The maximum atomic E-state index is 12.6. The number of amides is 1. The summed E-state index contributed by atoms with van der Waals surface area (Å²) in [4.78, 5) is 14.4. The van der Waals surface area contributed by atoms with Crippen LogP contribution in [0.25, 0.3) is 11.1 Å². The van der Waals surface area contributed by atoms with Gasteiger partial charge in [-0.3, -0.25) is 0 Å². The van der Waals surface area contributed by atoms with Crippen LogP contribution >= 0.6 is 23.2 Å². The second kappa shape index (κ2) is 7.27. The topological polar surface area (TPSA) is 29.5 Å². The second-order valence-electron chi connectivity index (χ2n) is 8.82. The minimum Gasteiger partial charge on any atom is -0.444 e. The summed E-state index contributed by atoms with van der Waals surface area (Å²) in [5, 5.41) is 1.29. The lowest BCUT2D eigenvalue weighted by molar-refractivity contribution is 0.0165. The number of halogens is 2. The summed E-state index contributed by atoms with van der Waals surface area (Å²) in [7, 11) is 0. The zero-order valence-electron chi connectivity index (χ0n) is 16.5. The Bertz CT molecular complexity index is 919. The van der Waals surface area contributed by atoms with Crippen molar-refractivity contribution in [3.8, 4) is 11.1 Å². The molecule has 2 aromatic rings. The Morgan fingerprint density at radius 1 is 1.14 bits per heavy atom. The summed E-state index contributed by atoms with van der Waals surface area (Å²) in [6, 6.07) is 12.2. The number of rotatable bonds is 1. The molecule has 1 fully saturated rings. The predicted molar refractivity (Wildman–Crippen MR) is 114 cm³/mol. The van der Waals surface area contributed by atoms with Crippen molar-refractivity contribution in [1.29, 1.82) is 0 Å². The van der Waals surface area contributed by atoms with Gasteiger partial charge in [0.15, 0.2) is 0 Å². The average Bonchev–Trinajstić information content (AvgIpc) is 2.97. The molecule has 5 heteroatoms. The highest BCUT2D eigenvalue weighted by Crippen LogP contribution is 2.45. The number of likely N-dealkylation sites (tertiary alicyclic amines) is 1. The highest BCUT2D eigenvalue weighted by atomic mass is 35.5. The number of nitrogens with zero attached hydrogens (tertiary/aromatic N) is 1. The van der Waals surface area contributed by atoms with Gasteiger partial charge in [-0.2, -0.15) is 0 Å². The Kier molecular flexibility index (Phi) is 5.09. The molecule has 0 radical (unpaired) electrons. The van der Waals surface area contributed by atoms with E-state index in [9.17, 15) is 4.79 Å². The van der Waals surface area contributed by atoms with E-state index in [1.54, 1.807) is 6.07 Å². The fraction of sp³-hybridized carbons (Fsp3) is 0.435. The molecule has 0 spiro atoms. The maximum Gasteiger partial charge on any atom is 0.410 e. The van der Waals surface area contributed by atoms with Crippen molar-refractivity contribution in [3.05, 3.63) is 57.6 Å². The van der Waals surface area contributed by atoms with Gasteiger partial charge in [-0.1, -0.05) is 47.5 Å². The summed E-state index contributed by atoms with van der Waals surface area (Å²) in [5.41, 5.74) is 4.32. The van der Waals surface area contributed by atoms with Crippen molar-refractivity contribution in [2.75, 3.05) is 13.1 Å². The van der Waals surface area contributed by atoms with Crippen molar-refractivity contribution < 1.29 is 9.53 Å². The van der Waals surface area contributed by atoms with E-state index < -0.39 is 5.60 Å². The molecular formula is C23H25Cl2NO2. The number of ether oxygens (including phenoxy) is 1. The van der Waals surface area contributed by atoms with Crippen LogP contribution in [0.5, 0.6) is 0 Å². The lowest BCUT2D eigenvalue weighted by Gasteiger charge is -2.36. The van der Waals surface area contributed by atoms with E-state index in [0.29, 0.717) is 28.4 Å². The van der Waals surface area contributed by atoms with Crippen molar-refractivity contribution in [3.63, 3.8) is 0 Å². The van der Waals surface area contributed by atoms with Gasteiger partial charge >= 0.3 is 6.09 Å². The van der Waals surface area contributed by atoms with E-state index in [-0.39, 0.29) is 6.09 Å². The Balaban J connectivity index is 1.60. The van der Waals surface area contributed by atoms with E-state index >= 15 is 0 Å². The third-order valence-electron chi connectivity index (χ3n) is 5.68. The Morgan fingerprint density at radius 3 is 2.64 bits per heavy atom. The van der Waals surface area contributed by atoms with E-state index in [4.69, 9.17) is 27.9 Å². The van der Waals surface area contributed by atoms with Crippen LogP contribution in [0.1, 0.15) is 44.2 Å². The predicted octanol–water partition coefficient (Wildman–Crippen LogP) is 6.56. The first-order valence-corrected chi connectivity index (χ1v) is 10.5. The minimum absolute atomic E-state index is 0.212. The number of hydrogen-bond acceptors (Lipinski definition) is 2. The van der Waals surface area contributed by atoms with Gasteiger partial charge in [-0.25, -0.2) is 4.79 Å². The van der Waals surface area contributed by atoms with Gasteiger partial charge in [0, 0.05) is 34.6 Å². The fourth-order valence-electron chi connectivity index (χ4n) is 4.39. The van der Waals surface area contributed by atoms with Crippen LogP contribution in [0.2, 0.25) is 10.0 Å². The number of piperidine rings is 1. The van der Waals surface area contributed by atoms with Gasteiger partial charge in [0.1, 0.15) is 5.60 Å². The number of carbonyl (C=O) groups excluding carboxylic acids is 1. The van der Waals surface area contributed by atoms with Crippen molar-refractivity contribution in [1.82, 2.24) is 4.90 Å². The monoisotopic (exact) mass is 417 g/mol. The van der Waals surface area contributed by atoms with Gasteiger partial charge in [-0.15, -0.1) is 0 Å². The molecule has 4 rings (SSSR count). The van der Waals surface area contributed by atoms with Crippen LogP contribution in [0.3, 0.4) is 0 Å². The molecule has 0 aromatic heterocycles. The minimum atomic E-state index is -0.472. The zero-order chi connectivity index (χ0) is 20.1. The molecular weight excluding hydrogens is 393 g/mol. The molecule has 1 heterocycles. The Hall–Kier alpha value is -1.71. The molecule has 1 amide bonds. The van der Waals surface area contributed by atoms with Gasteiger partial charge in [0.25, 0.3) is 0 Å². The first kappa shape index (κ1) is 19.6. The SMILES string of the molecule is CC(C)(C)OC(=O)N1CCC2Cc3ccc(-c4ccc(Cl)cc4Cl)cc3C2C1. The largest absolute Gasteiger partial charge is 0.444 e. The molecule has 1 saturated heterocycles. The molecule has 2 atom stereocenters. The highest BCUT2D eigenvalue weighted by Gasteiger charge is 2.39. The lowest BCUT2D eigenvalue weighted by atomic mass is 9.85. The zero-order valence-corrected chi connectivity index (χ0v) is 18.0. The molecule has 2 unspecified atom stereocenters. The first-order chi connectivity index (χ1) is 13.2. The second-order valence-corrected chi connectivity index (χ2v) is 9.67. The summed E-state index contributed by atoms with van der Waals surface area (Å²) in [6.45, 7) is 7.20. The molecule has 1 aliphatic carbocycles. The van der Waals surface area contributed by atoms with E-state index in [2.05, 4.69) is 18.2 Å². The third-order valence-corrected chi connectivity index (χ3v) is 6.23. The van der Waals surface area contributed by atoms with Gasteiger partial charge in [0.2, 0.25) is 0 Å². The van der Waals surface area contributed by atoms with Crippen LogP contribution in [-0.4, -0.2) is 29.7 Å². The van der Waals surface area contributed by atoms with E-state index in [0.717, 1.165) is 30.5 Å². The Labute approximate surface area is 176 Å². The van der Waals surface area contributed by atoms with Crippen molar-refractivity contribution in [2.45, 2.75) is 45.1 Å². The van der Waals surface area contributed by atoms with Gasteiger partial charge in [-0.05, 0) is 68.4 Å². The van der Waals surface area contributed by atoms with Crippen LogP contribution in [-0.2, 0) is 11.2 Å². The molecule has 1 aliphatic heterocycles. The lowest BCUT2D eigenvalue weighted by Crippen LogP contribution is -2.44. The number of fused-ring (bicyclic) bond motifs is 3. The molecule has 0 N–H and O–H groups in total. The van der Waals surface area contributed by atoms with Gasteiger partial charge < -0.3 is 9.64 Å². The fourth-order valence-corrected chi connectivity index (χ4v) is 4.91. The van der Waals surface area contributed by atoms with Crippen molar-refractivity contribution >= 4 is 29.3 Å². The summed E-state index contributed by atoms with van der Waals surface area (Å²) in [6.07, 6.45) is 1.88. The quantitative estimate of drug-likeness (QED) is 0.525. The standard InChI is InChI=1S/C23H25Cl2NO2/c1-23(2,3)28-22(27)26-9-8-16-10-14-4-5-15(11-19(14)20(16)13-26)18-7-6-17(24)12-21(18)25/h4-7,11-12,16,20H,8-10,13H2,1-3H3. The van der Waals surface area contributed by atoms with Crippen LogP contribution in [0, 0.1) is 5.92 Å². The highest BCUT2D eigenvalue weighted by molar-refractivity contribution is 6.36. The van der Waals surface area contributed by atoms with Gasteiger partial charge in [0.05, 0.1) is 0 Å². The summed E-state index contributed by atoms with van der Waals surface area (Å²) in [5.74, 6) is 0.937. The Morgan fingerprint density at radius 2 is 1.93 bits per heavy atom. The normalized spacial score (nSPS) is 21.2. The van der Waals surface area contributed by atoms with Crippen LogP contribution in [0.15, 0.2) is 36.4 Å². The molecule has 2 aromatic carbocycles. The molecule has 28 heavy (non-hydrogen) atoms. The smallest absolute Gasteiger partial charge is 0.410 e. The molecule has 0 saturated carbocycles. The maximum absolute atomic E-state index is 12.6. The molecule has 148 valence electrons. The average molecular weight is 418 g/mol. The number of carbonyl (C=O) groups is 1. The number of hydrogen-bond donors (Lipinski definition) is 0. The van der Waals surface area contributed by atoms with E-state index in [1.807, 2.05) is 37.8 Å². The molecule has 0 bridgehead atoms. The first-order valence-electron chi connectivity index (χ1n) is 9.77. The summed E-state index contributed by atoms with van der Waals surface area (Å²) >= 11 is 12.5.